The Kier molecular flexibility index (Phi) is 5.32. The second-order valence-corrected chi connectivity index (χ2v) is 4.98. The summed E-state index contributed by atoms with van der Waals surface area (Å²) in [5.74, 6) is 4.07. The highest BCUT2D eigenvalue weighted by Crippen LogP contribution is 2.15. The van der Waals surface area contributed by atoms with Crippen LogP contribution in [0, 0.1) is 17.7 Å². The summed E-state index contributed by atoms with van der Waals surface area (Å²) in [7, 11) is 1.68. The molecular formula is C16H18FNO3. The summed E-state index contributed by atoms with van der Waals surface area (Å²) >= 11 is 0. The fraction of sp³-hybridized carbons (Fsp3) is 0.438. The van der Waals surface area contributed by atoms with Crippen molar-refractivity contribution in [3.63, 3.8) is 0 Å². The summed E-state index contributed by atoms with van der Waals surface area (Å²) in [6.45, 7) is 0.913. The minimum absolute atomic E-state index is 0.0680. The minimum Gasteiger partial charge on any atom is -0.384 e. The van der Waals surface area contributed by atoms with Gasteiger partial charge in [-0.25, -0.2) is 4.39 Å². The maximum Gasteiger partial charge on any atom is 0.253 e. The summed E-state index contributed by atoms with van der Waals surface area (Å²) in [6, 6.07) is 4.17. The van der Waals surface area contributed by atoms with E-state index in [1.807, 2.05) is 0 Å². The molecule has 0 saturated carbocycles. The van der Waals surface area contributed by atoms with Crippen LogP contribution < -0.4 is 0 Å². The van der Waals surface area contributed by atoms with Crippen molar-refractivity contribution in [3.05, 3.63) is 35.1 Å². The molecule has 0 spiro atoms. The molecule has 1 aliphatic rings. The van der Waals surface area contributed by atoms with Crippen molar-refractivity contribution >= 4 is 5.91 Å². The first kappa shape index (κ1) is 15.5. The Morgan fingerprint density at radius 3 is 3.00 bits per heavy atom. The molecule has 1 unspecified atom stereocenters. The van der Waals surface area contributed by atoms with Gasteiger partial charge < -0.3 is 14.7 Å². The number of likely N-dealkylation sites (N-methyl/N-ethyl adjacent to an activating group) is 1. The van der Waals surface area contributed by atoms with Crippen molar-refractivity contribution in [1.82, 2.24) is 4.90 Å². The van der Waals surface area contributed by atoms with E-state index in [-0.39, 0.29) is 29.7 Å². The largest absolute Gasteiger partial charge is 0.384 e. The molecule has 1 amide bonds. The lowest BCUT2D eigenvalue weighted by Crippen LogP contribution is -2.34. The van der Waals surface area contributed by atoms with Gasteiger partial charge in [0.05, 0.1) is 11.7 Å². The number of carbonyl (C=O) groups excluding carboxylic acids is 1. The molecule has 2 rings (SSSR count). The van der Waals surface area contributed by atoms with E-state index in [4.69, 9.17) is 9.84 Å². The molecule has 4 nitrogen and oxygen atoms in total. The van der Waals surface area contributed by atoms with E-state index < -0.39 is 5.82 Å². The average molecular weight is 291 g/mol. The molecule has 5 heteroatoms. The van der Waals surface area contributed by atoms with Gasteiger partial charge in [0.1, 0.15) is 12.4 Å². The lowest BCUT2D eigenvalue weighted by atomic mass is 10.1. The van der Waals surface area contributed by atoms with Crippen molar-refractivity contribution in [1.29, 1.82) is 0 Å². The van der Waals surface area contributed by atoms with Gasteiger partial charge in [-0.3, -0.25) is 4.79 Å². The summed E-state index contributed by atoms with van der Waals surface area (Å²) in [5, 5.41) is 8.60. The SMILES string of the molecule is CN(CC1CCCO1)C(=O)c1ccc(C#CCO)c(F)c1. The molecule has 1 N–H and O–H groups in total. The quantitative estimate of drug-likeness (QED) is 0.857. The highest BCUT2D eigenvalue weighted by atomic mass is 19.1. The van der Waals surface area contributed by atoms with Crippen LogP contribution in [0.1, 0.15) is 28.8 Å². The standard InChI is InChI=1S/C16H18FNO3/c1-18(11-14-5-3-9-21-14)16(20)13-7-6-12(4-2-8-19)15(17)10-13/h6-7,10,14,19H,3,5,8-9,11H2,1H3. The number of benzene rings is 1. The molecule has 0 aromatic heterocycles. The first-order chi connectivity index (χ1) is 10.1. The Morgan fingerprint density at radius 2 is 2.38 bits per heavy atom. The Balaban J connectivity index is 2.06. The van der Waals surface area contributed by atoms with Gasteiger partial charge in [0.2, 0.25) is 0 Å². The molecule has 0 radical (unpaired) electrons. The third-order valence-corrected chi connectivity index (χ3v) is 3.37. The molecule has 112 valence electrons. The summed E-state index contributed by atoms with van der Waals surface area (Å²) in [5.41, 5.74) is 0.449. The van der Waals surface area contributed by atoms with Crippen LogP contribution in [0.5, 0.6) is 0 Å². The summed E-state index contributed by atoms with van der Waals surface area (Å²) in [4.78, 5) is 13.8. The van der Waals surface area contributed by atoms with E-state index in [0.29, 0.717) is 6.54 Å². The van der Waals surface area contributed by atoms with Crippen LogP contribution in [0.15, 0.2) is 18.2 Å². The number of rotatable bonds is 3. The number of halogens is 1. The van der Waals surface area contributed by atoms with Gasteiger partial charge in [0, 0.05) is 25.8 Å². The second-order valence-electron chi connectivity index (χ2n) is 4.98. The number of ether oxygens (including phenoxy) is 1. The third-order valence-electron chi connectivity index (χ3n) is 3.37. The smallest absolute Gasteiger partial charge is 0.253 e. The van der Waals surface area contributed by atoms with Gasteiger partial charge in [0.15, 0.2) is 0 Å². The fourth-order valence-corrected chi connectivity index (χ4v) is 2.28. The number of carbonyl (C=O) groups is 1. The molecule has 0 aliphatic carbocycles. The van der Waals surface area contributed by atoms with E-state index in [2.05, 4.69) is 11.8 Å². The van der Waals surface area contributed by atoms with E-state index in [1.165, 1.54) is 12.1 Å². The lowest BCUT2D eigenvalue weighted by Gasteiger charge is -2.21. The first-order valence-electron chi connectivity index (χ1n) is 6.88. The first-order valence-corrected chi connectivity index (χ1v) is 6.88. The van der Waals surface area contributed by atoms with Gasteiger partial charge in [-0.15, -0.1) is 0 Å². The summed E-state index contributed by atoms with van der Waals surface area (Å²) < 4.78 is 19.3. The van der Waals surface area contributed by atoms with Gasteiger partial charge >= 0.3 is 0 Å². The molecule has 1 aromatic carbocycles. The highest BCUT2D eigenvalue weighted by Gasteiger charge is 2.21. The lowest BCUT2D eigenvalue weighted by molar-refractivity contribution is 0.0587. The second kappa shape index (κ2) is 7.21. The summed E-state index contributed by atoms with van der Waals surface area (Å²) in [6.07, 6.45) is 2.03. The van der Waals surface area contributed by atoms with Crippen LogP contribution in [-0.4, -0.2) is 48.8 Å². The molecule has 1 aromatic rings. The van der Waals surface area contributed by atoms with E-state index >= 15 is 0 Å². The third kappa shape index (κ3) is 4.03. The molecule has 1 saturated heterocycles. The van der Waals surface area contributed by atoms with E-state index in [9.17, 15) is 9.18 Å². The monoisotopic (exact) mass is 291 g/mol. The van der Waals surface area contributed by atoms with Crippen LogP contribution in [-0.2, 0) is 4.74 Å². The number of aliphatic hydroxyl groups excluding tert-OH is 1. The Bertz CT molecular complexity index is 571. The van der Waals surface area contributed by atoms with Crippen molar-refractivity contribution < 1.29 is 19.0 Å². The predicted molar refractivity (Wildman–Crippen MR) is 76.3 cm³/mol. The maximum absolute atomic E-state index is 13.8. The van der Waals surface area contributed by atoms with Gasteiger partial charge in [-0.05, 0) is 31.0 Å². The van der Waals surface area contributed by atoms with E-state index in [0.717, 1.165) is 19.4 Å². The van der Waals surface area contributed by atoms with Gasteiger partial charge in [-0.1, -0.05) is 11.8 Å². The molecule has 1 aliphatic heterocycles. The van der Waals surface area contributed by atoms with Crippen LogP contribution in [0.4, 0.5) is 4.39 Å². The zero-order valence-electron chi connectivity index (χ0n) is 11.9. The Morgan fingerprint density at radius 1 is 1.57 bits per heavy atom. The average Bonchev–Trinajstić information content (AvgIpc) is 2.98. The molecular weight excluding hydrogens is 273 g/mol. The van der Waals surface area contributed by atoms with Crippen LogP contribution >= 0.6 is 0 Å². The number of nitrogens with zero attached hydrogens (tertiary/aromatic N) is 1. The minimum atomic E-state index is -0.563. The number of amides is 1. The predicted octanol–water partition coefficient (Wildman–Crippen LogP) is 1.42. The van der Waals surface area contributed by atoms with Crippen LogP contribution in [0.3, 0.4) is 0 Å². The molecule has 1 heterocycles. The van der Waals surface area contributed by atoms with Crippen LogP contribution in [0.25, 0.3) is 0 Å². The Labute approximate surface area is 123 Å². The maximum atomic E-state index is 13.8. The van der Waals surface area contributed by atoms with Crippen molar-refractivity contribution in [2.75, 3.05) is 26.8 Å². The molecule has 1 atom stereocenters. The highest BCUT2D eigenvalue weighted by molar-refractivity contribution is 5.94. The van der Waals surface area contributed by atoms with Gasteiger partial charge in [-0.2, -0.15) is 0 Å². The fourth-order valence-electron chi connectivity index (χ4n) is 2.28. The normalized spacial score (nSPS) is 17.2. The van der Waals surface area contributed by atoms with E-state index in [1.54, 1.807) is 18.0 Å². The molecule has 0 bridgehead atoms. The van der Waals surface area contributed by atoms with Crippen molar-refractivity contribution in [2.45, 2.75) is 18.9 Å². The van der Waals surface area contributed by atoms with Gasteiger partial charge in [0.25, 0.3) is 5.91 Å². The zero-order valence-corrected chi connectivity index (χ0v) is 11.9. The topological polar surface area (TPSA) is 49.8 Å². The Hall–Kier alpha value is -1.90. The zero-order chi connectivity index (χ0) is 15.2. The number of hydrogen-bond acceptors (Lipinski definition) is 3. The number of hydrogen-bond donors (Lipinski definition) is 1. The van der Waals surface area contributed by atoms with Crippen molar-refractivity contribution in [3.8, 4) is 11.8 Å². The molecule has 21 heavy (non-hydrogen) atoms. The molecule has 1 fully saturated rings. The van der Waals surface area contributed by atoms with Crippen LogP contribution in [0.2, 0.25) is 0 Å². The number of aliphatic hydroxyl groups is 1. The van der Waals surface area contributed by atoms with Crippen molar-refractivity contribution in [2.24, 2.45) is 0 Å².